The molecule has 0 bridgehead atoms. The summed E-state index contributed by atoms with van der Waals surface area (Å²) in [4.78, 5) is 9.16. The molecule has 2 N–H and O–H groups in total. The minimum absolute atomic E-state index is 0.0947. The van der Waals surface area contributed by atoms with Crippen molar-refractivity contribution in [3.8, 4) is 5.75 Å². The van der Waals surface area contributed by atoms with Gasteiger partial charge in [-0.2, -0.15) is 4.98 Å². The van der Waals surface area contributed by atoms with Crippen molar-refractivity contribution in [2.45, 2.75) is 65.2 Å². The number of ether oxygens (including phenoxy) is 1. The Morgan fingerprint density at radius 2 is 1.73 bits per heavy atom. The van der Waals surface area contributed by atoms with Crippen molar-refractivity contribution in [1.29, 1.82) is 0 Å². The molecule has 0 aliphatic heterocycles. The predicted octanol–water partition coefficient (Wildman–Crippen LogP) is 7.53. The van der Waals surface area contributed by atoms with Crippen molar-refractivity contribution in [2.75, 3.05) is 17.2 Å². The number of hydrogen-bond acceptors (Lipinski definition) is 5. The zero-order valence-electron chi connectivity index (χ0n) is 20.3. The Balaban J connectivity index is 1.37. The summed E-state index contributed by atoms with van der Waals surface area (Å²) in [5.74, 6) is 3.11. The lowest BCUT2D eigenvalue weighted by atomic mass is 9.87. The van der Waals surface area contributed by atoms with E-state index in [1.54, 1.807) is 0 Å². The van der Waals surface area contributed by atoms with Gasteiger partial charge in [-0.25, -0.2) is 4.98 Å². The van der Waals surface area contributed by atoms with E-state index in [1.165, 1.54) is 31.2 Å². The van der Waals surface area contributed by atoms with Gasteiger partial charge in [0.25, 0.3) is 0 Å². The molecule has 1 fully saturated rings. The van der Waals surface area contributed by atoms with Crippen LogP contribution in [0.4, 0.5) is 23.1 Å². The third-order valence-corrected chi connectivity index (χ3v) is 6.34. The first-order valence-electron chi connectivity index (χ1n) is 12.1. The van der Waals surface area contributed by atoms with Crippen LogP contribution in [0.3, 0.4) is 0 Å². The first kappa shape index (κ1) is 23.1. The topological polar surface area (TPSA) is 59.1 Å². The maximum Gasteiger partial charge on any atom is 0.229 e. The highest BCUT2D eigenvalue weighted by Crippen LogP contribution is 2.29. The SMILES string of the molecule is Cc1cnc(Nc2ccc(OCCC3CCCC3)cc2)nc1Nc1cccc(C(C)(C)C)c1. The van der Waals surface area contributed by atoms with E-state index in [0.29, 0.717) is 5.95 Å². The molecule has 0 unspecified atom stereocenters. The second-order valence-corrected chi connectivity index (χ2v) is 10.1. The zero-order valence-corrected chi connectivity index (χ0v) is 20.3. The molecule has 1 saturated carbocycles. The molecule has 0 spiro atoms. The largest absolute Gasteiger partial charge is 0.494 e. The van der Waals surface area contributed by atoms with Gasteiger partial charge in [0.1, 0.15) is 11.6 Å². The molecule has 3 aromatic rings. The van der Waals surface area contributed by atoms with E-state index < -0.39 is 0 Å². The lowest BCUT2D eigenvalue weighted by Gasteiger charge is -2.20. The van der Waals surface area contributed by atoms with Crippen molar-refractivity contribution >= 4 is 23.1 Å². The minimum Gasteiger partial charge on any atom is -0.494 e. The Morgan fingerprint density at radius 3 is 2.45 bits per heavy atom. The lowest BCUT2D eigenvalue weighted by Crippen LogP contribution is -2.11. The molecular formula is C28H36N4O. The number of rotatable bonds is 8. The predicted molar refractivity (Wildman–Crippen MR) is 137 cm³/mol. The van der Waals surface area contributed by atoms with Gasteiger partial charge in [0.15, 0.2) is 0 Å². The minimum atomic E-state index is 0.0947. The standard InChI is InChI=1S/C28H36N4O/c1-20-19-29-27(32-26(20)30-24-11-7-10-22(18-24)28(2,3)4)31-23-12-14-25(15-13-23)33-17-16-21-8-5-6-9-21/h7,10-15,18-19,21H,5-6,8-9,16-17H2,1-4H3,(H2,29,30,31,32). The van der Waals surface area contributed by atoms with E-state index in [0.717, 1.165) is 47.5 Å². The van der Waals surface area contributed by atoms with Crippen molar-refractivity contribution in [2.24, 2.45) is 5.92 Å². The molecule has 33 heavy (non-hydrogen) atoms. The first-order chi connectivity index (χ1) is 15.9. The van der Waals surface area contributed by atoms with E-state index in [-0.39, 0.29) is 5.41 Å². The summed E-state index contributed by atoms with van der Waals surface area (Å²) in [6.45, 7) is 9.46. The summed E-state index contributed by atoms with van der Waals surface area (Å²) < 4.78 is 5.94. The Hall–Kier alpha value is -3.08. The molecule has 0 atom stereocenters. The molecule has 4 rings (SSSR count). The van der Waals surface area contributed by atoms with Crippen LogP contribution in [0.25, 0.3) is 0 Å². The monoisotopic (exact) mass is 444 g/mol. The van der Waals surface area contributed by atoms with Crippen molar-refractivity contribution in [3.63, 3.8) is 0 Å². The summed E-state index contributed by atoms with van der Waals surface area (Å²) >= 11 is 0. The van der Waals surface area contributed by atoms with Crippen LogP contribution in [0, 0.1) is 12.8 Å². The summed E-state index contributed by atoms with van der Waals surface area (Å²) in [6.07, 6.45) is 8.49. The molecule has 174 valence electrons. The van der Waals surface area contributed by atoms with E-state index in [2.05, 4.69) is 60.7 Å². The third kappa shape index (κ3) is 6.47. The lowest BCUT2D eigenvalue weighted by molar-refractivity contribution is 0.279. The van der Waals surface area contributed by atoms with Crippen LogP contribution in [0.2, 0.25) is 0 Å². The molecule has 5 nitrogen and oxygen atoms in total. The summed E-state index contributed by atoms with van der Waals surface area (Å²) in [7, 11) is 0. The van der Waals surface area contributed by atoms with Crippen molar-refractivity contribution < 1.29 is 4.74 Å². The van der Waals surface area contributed by atoms with Gasteiger partial charge in [-0.15, -0.1) is 0 Å². The van der Waals surface area contributed by atoms with E-state index in [1.807, 2.05) is 37.4 Å². The third-order valence-electron chi connectivity index (χ3n) is 6.34. The fraction of sp³-hybridized carbons (Fsp3) is 0.429. The van der Waals surface area contributed by atoms with E-state index in [9.17, 15) is 0 Å². The van der Waals surface area contributed by atoms with E-state index >= 15 is 0 Å². The average Bonchev–Trinajstić information content (AvgIpc) is 3.30. The molecule has 2 aromatic carbocycles. The second-order valence-electron chi connectivity index (χ2n) is 10.1. The number of anilines is 4. The highest BCUT2D eigenvalue weighted by atomic mass is 16.5. The van der Waals surface area contributed by atoms with Gasteiger partial charge in [0.05, 0.1) is 6.61 Å². The zero-order chi connectivity index (χ0) is 23.3. The van der Waals surface area contributed by atoms with Crippen LogP contribution in [0.15, 0.2) is 54.7 Å². The van der Waals surface area contributed by atoms with Crippen molar-refractivity contribution in [1.82, 2.24) is 9.97 Å². The molecule has 0 radical (unpaired) electrons. The molecule has 1 aliphatic carbocycles. The Morgan fingerprint density at radius 1 is 0.970 bits per heavy atom. The summed E-state index contributed by atoms with van der Waals surface area (Å²) in [6, 6.07) is 16.5. The summed E-state index contributed by atoms with van der Waals surface area (Å²) in [5, 5.41) is 6.76. The van der Waals surface area contributed by atoms with Crippen LogP contribution >= 0.6 is 0 Å². The fourth-order valence-electron chi connectivity index (χ4n) is 4.24. The van der Waals surface area contributed by atoms with Crippen LogP contribution < -0.4 is 15.4 Å². The van der Waals surface area contributed by atoms with Crippen molar-refractivity contribution in [3.05, 3.63) is 65.9 Å². The van der Waals surface area contributed by atoms with Gasteiger partial charge in [-0.05, 0) is 66.6 Å². The van der Waals surface area contributed by atoms with Crippen LogP contribution in [-0.2, 0) is 5.41 Å². The molecular weight excluding hydrogens is 408 g/mol. The van der Waals surface area contributed by atoms with Gasteiger partial charge in [0.2, 0.25) is 5.95 Å². The van der Waals surface area contributed by atoms with Gasteiger partial charge in [-0.3, -0.25) is 0 Å². The van der Waals surface area contributed by atoms with Gasteiger partial charge in [0, 0.05) is 23.1 Å². The summed E-state index contributed by atoms with van der Waals surface area (Å²) in [5.41, 5.74) is 4.32. The second kappa shape index (κ2) is 10.2. The molecule has 1 aromatic heterocycles. The quantitative estimate of drug-likeness (QED) is 0.376. The van der Waals surface area contributed by atoms with Gasteiger partial charge < -0.3 is 15.4 Å². The van der Waals surface area contributed by atoms with Gasteiger partial charge in [-0.1, -0.05) is 58.6 Å². The Kier molecular flexibility index (Phi) is 7.17. The maximum absolute atomic E-state index is 5.94. The van der Waals surface area contributed by atoms with Crippen LogP contribution in [0.5, 0.6) is 5.75 Å². The number of aromatic nitrogens is 2. The molecule has 0 saturated heterocycles. The Bertz CT molecular complexity index is 1050. The average molecular weight is 445 g/mol. The number of nitrogens with one attached hydrogen (secondary N) is 2. The van der Waals surface area contributed by atoms with E-state index in [4.69, 9.17) is 9.72 Å². The first-order valence-corrected chi connectivity index (χ1v) is 12.1. The number of nitrogens with zero attached hydrogens (tertiary/aromatic N) is 2. The molecule has 1 aliphatic rings. The number of aryl methyl sites for hydroxylation is 1. The van der Waals surface area contributed by atoms with Crippen LogP contribution in [0.1, 0.15) is 64.0 Å². The Labute approximate surface area is 198 Å². The molecule has 1 heterocycles. The number of hydrogen-bond donors (Lipinski definition) is 2. The fourth-order valence-corrected chi connectivity index (χ4v) is 4.24. The maximum atomic E-state index is 5.94. The normalized spacial score (nSPS) is 14.3. The highest BCUT2D eigenvalue weighted by molar-refractivity contribution is 5.63. The van der Waals surface area contributed by atoms with Crippen LogP contribution in [-0.4, -0.2) is 16.6 Å². The smallest absolute Gasteiger partial charge is 0.229 e. The molecule has 5 heteroatoms. The molecule has 0 amide bonds. The highest BCUT2D eigenvalue weighted by Gasteiger charge is 2.15. The number of benzene rings is 2. The van der Waals surface area contributed by atoms with Gasteiger partial charge >= 0.3 is 0 Å².